The lowest BCUT2D eigenvalue weighted by atomic mass is 10.4. The Kier molecular flexibility index (Phi) is 6.09. The number of carbonyl (C=O) groups is 1. The molecule has 0 N–H and O–H groups in total. The van der Waals surface area contributed by atoms with Crippen LogP contribution in [0.3, 0.4) is 0 Å². The van der Waals surface area contributed by atoms with Crippen LogP contribution < -0.4 is 0 Å². The zero-order valence-corrected chi connectivity index (χ0v) is 12.2. The zero-order valence-electron chi connectivity index (χ0n) is 10.6. The molecule has 0 aliphatic rings. The van der Waals surface area contributed by atoms with Crippen molar-refractivity contribution in [3.63, 3.8) is 0 Å². The first-order chi connectivity index (χ1) is 8.52. The smallest absolute Gasteiger partial charge is 0.346 e. The summed E-state index contributed by atoms with van der Waals surface area (Å²) in [4.78, 5) is 15.1. The van der Waals surface area contributed by atoms with E-state index in [0.717, 1.165) is 4.90 Å². The minimum Gasteiger partial charge on any atom is -0.462 e. The molecule has 0 heterocycles. The van der Waals surface area contributed by atoms with Crippen molar-refractivity contribution in [1.82, 2.24) is 4.90 Å². The van der Waals surface area contributed by atoms with Gasteiger partial charge in [-0.15, -0.1) is 0 Å². The van der Waals surface area contributed by atoms with Crippen molar-refractivity contribution < 1.29 is 9.53 Å². The zero-order chi connectivity index (χ0) is 13.5. The van der Waals surface area contributed by atoms with Crippen molar-refractivity contribution in [1.29, 1.82) is 0 Å². The predicted molar refractivity (Wildman–Crippen MR) is 75.7 cm³/mol. The number of halogens is 1. The number of nitrogens with zero attached hydrogens (tertiary/aromatic N) is 1. The topological polar surface area (TPSA) is 29.5 Å². The Morgan fingerprint density at radius 3 is 2.50 bits per heavy atom. The molecule has 0 saturated heterocycles. The molecular formula is C13H16ClNO2S. The minimum atomic E-state index is -0.314. The standard InChI is InChI=1S/C13H16ClNO2S/c1-4-17-13(16)12(9-15(2)3)18-11-7-5-10(14)6-8-11/h5-9H,4H2,1-3H3. The van der Waals surface area contributed by atoms with Crippen molar-refractivity contribution in [3.8, 4) is 0 Å². The number of ether oxygens (including phenoxy) is 1. The van der Waals surface area contributed by atoms with E-state index in [9.17, 15) is 4.79 Å². The van der Waals surface area contributed by atoms with E-state index in [1.54, 1.807) is 25.3 Å². The van der Waals surface area contributed by atoms with Crippen LogP contribution in [0.25, 0.3) is 0 Å². The summed E-state index contributed by atoms with van der Waals surface area (Å²) < 4.78 is 5.02. The van der Waals surface area contributed by atoms with Crippen molar-refractivity contribution in [3.05, 3.63) is 40.4 Å². The molecule has 0 aliphatic heterocycles. The Morgan fingerprint density at radius 2 is 2.00 bits per heavy atom. The van der Waals surface area contributed by atoms with Crippen molar-refractivity contribution in [2.24, 2.45) is 0 Å². The first-order valence-electron chi connectivity index (χ1n) is 5.51. The van der Waals surface area contributed by atoms with Crippen molar-refractivity contribution in [2.45, 2.75) is 11.8 Å². The number of esters is 1. The maximum absolute atomic E-state index is 11.8. The number of hydrogen-bond donors (Lipinski definition) is 0. The highest BCUT2D eigenvalue weighted by Crippen LogP contribution is 2.28. The Bertz CT molecular complexity index is 429. The fourth-order valence-corrected chi connectivity index (χ4v) is 2.24. The van der Waals surface area contributed by atoms with Crippen LogP contribution in [0.2, 0.25) is 5.02 Å². The normalized spacial score (nSPS) is 11.2. The molecule has 0 fully saturated rings. The quantitative estimate of drug-likeness (QED) is 0.471. The second-order valence-corrected chi connectivity index (χ2v) is 5.29. The van der Waals surface area contributed by atoms with Gasteiger partial charge in [-0.2, -0.15) is 0 Å². The van der Waals surface area contributed by atoms with Crippen LogP contribution in [0, 0.1) is 0 Å². The monoisotopic (exact) mass is 285 g/mol. The van der Waals surface area contributed by atoms with Crippen LogP contribution in [-0.4, -0.2) is 31.6 Å². The SMILES string of the molecule is CCOC(=O)C(=CN(C)C)Sc1ccc(Cl)cc1. The fraction of sp³-hybridized carbons (Fsp3) is 0.308. The molecule has 0 unspecified atom stereocenters. The summed E-state index contributed by atoms with van der Waals surface area (Å²) in [5.74, 6) is -0.314. The van der Waals surface area contributed by atoms with Gasteiger partial charge in [0.15, 0.2) is 0 Å². The highest BCUT2D eigenvalue weighted by Gasteiger charge is 2.12. The Labute approximate surface area is 117 Å². The summed E-state index contributed by atoms with van der Waals surface area (Å²) in [5, 5.41) is 0.675. The highest BCUT2D eigenvalue weighted by molar-refractivity contribution is 8.04. The van der Waals surface area contributed by atoms with Crippen LogP contribution in [0.1, 0.15) is 6.92 Å². The number of benzene rings is 1. The Balaban J connectivity index is 2.85. The molecular weight excluding hydrogens is 270 g/mol. The van der Waals surface area contributed by atoms with Crippen LogP contribution >= 0.6 is 23.4 Å². The molecule has 1 aromatic carbocycles. The molecule has 0 amide bonds. The van der Waals surface area contributed by atoms with Gasteiger partial charge in [-0.1, -0.05) is 23.4 Å². The second kappa shape index (κ2) is 7.34. The molecule has 0 aliphatic carbocycles. The van der Waals surface area contributed by atoms with Gasteiger partial charge < -0.3 is 9.64 Å². The molecule has 0 spiro atoms. The van der Waals surface area contributed by atoms with E-state index in [1.807, 2.05) is 31.1 Å². The number of thioether (sulfide) groups is 1. The van der Waals surface area contributed by atoms with E-state index in [-0.39, 0.29) is 5.97 Å². The van der Waals surface area contributed by atoms with E-state index in [0.29, 0.717) is 16.5 Å². The second-order valence-electron chi connectivity index (χ2n) is 3.73. The molecule has 1 aromatic rings. The van der Waals surface area contributed by atoms with Gasteiger partial charge in [-0.05, 0) is 31.2 Å². The molecule has 5 heteroatoms. The maximum Gasteiger partial charge on any atom is 0.346 e. The van der Waals surface area contributed by atoms with Crippen LogP contribution in [0.4, 0.5) is 0 Å². The van der Waals surface area contributed by atoms with Gasteiger partial charge in [0.25, 0.3) is 0 Å². The number of rotatable bonds is 5. The minimum absolute atomic E-state index is 0.314. The first-order valence-corrected chi connectivity index (χ1v) is 6.71. The van der Waals surface area contributed by atoms with Gasteiger partial charge in [0.2, 0.25) is 0 Å². The van der Waals surface area contributed by atoms with Gasteiger partial charge in [-0.25, -0.2) is 4.79 Å². The summed E-state index contributed by atoms with van der Waals surface area (Å²) in [6, 6.07) is 7.33. The van der Waals surface area contributed by atoms with Crippen molar-refractivity contribution >= 4 is 29.3 Å². The summed E-state index contributed by atoms with van der Waals surface area (Å²) in [7, 11) is 3.73. The molecule has 98 valence electrons. The molecule has 0 saturated carbocycles. The van der Waals surface area contributed by atoms with Gasteiger partial charge in [0.05, 0.1) is 6.61 Å². The molecule has 0 atom stereocenters. The van der Waals surface area contributed by atoms with E-state index in [2.05, 4.69) is 0 Å². The van der Waals surface area contributed by atoms with Gasteiger partial charge in [0.1, 0.15) is 4.91 Å². The number of carbonyl (C=O) groups excluding carboxylic acids is 1. The summed E-state index contributed by atoms with van der Waals surface area (Å²) in [6.07, 6.45) is 1.75. The van der Waals surface area contributed by atoms with Crippen LogP contribution in [0.15, 0.2) is 40.3 Å². The molecule has 3 nitrogen and oxygen atoms in total. The molecule has 0 radical (unpaired) electrons. The highest BCUT2D eigenvalue weighted by atomic mass is 35.5. The van der Waals surface area contributed by atoms with Crippen LogP contribution in [0.5, 0.6) is 0 Å². The first kappa shape index (κ1) is 14.9. The third-order valence-corrected chi connectivity index (χ3v) is 3.15. The molecule has 0 bridgehead atoms. The summed E-state index contributed by atoms with van der Waals surface area (Å²) in [6.45, 7) is 2.16. The largest absolute Gasteiger partial charge is 0.462 e. The third kappa shape index (κ3) is 5.02. The lowest BCUT2D eigenvalue weighted by molar-refractivity contribution is -0.137. The molecule has 1 rings (SSSR count). The Morgan fingerprint density at radius 1 is 1.39 bits per heavy atom. The Hall–Kier alpha value is -1.13. The van der Waals surface area contributed by atoms with E-state index >= 15 is 0 Å². The molecule has 0 aromatic heterocycles. The lowest BCUT2D eigenvalue weighted by Crippen LogP contribution is -2.10. The number of hydrogen-bond acceptors (Lipinski definition) is 4. The predicted octanol–water partition coefficient (Wildman–Crippen LogP) is 3.40. The molecule has 18 heavy (non-hydrogen) atoms. The lowest BCUT2D eigenvalue weighted by Gasteiger charge is -2.11. The average molecular weight is 286 g/mol. The third-order valence-electron chi connectivity index (χ3n) is 1.89. The maximum atomic E-state index is 11.8. The van der Waals surface area contributed by atoms with Gasteiger partial charge >= 0.3 is 5.97 Å². The summed E-state index contributed by atoms with van der Waals surface area (Å²) in [5.41, 5.74) is 0. The fourth-order valence-electron chi connectivity index (χ4n) is 1.19. The van der Waals surface area contributed by atoms with Gasteiger partial charge in [-0.3, -0.25) is 0 Å². The van der Waals surface area contributed by atoms with Crippen LogP contribution in [-0.2, 0) is 9.53 Å². The van der Waals surface area contributed by atoms with E-state index in [4.69, 9.17) is 16.3 Å². The van der Waals surface area contributed by atoms with Crippen molar-refractivity contribution in [2.75, 3.05) is 20.7 Å². The summed E-state index contributed by atoms with van der Waals surface area (Å²) >= 11 is 7.18. The van der Waals surface area contributed by atoms with E-state index in [1.165, 1.54) is 11.8 Å². The van der Waals surface area contributed by atoms with Gasteiger partial charge in [0, 0.05) is 30.2 Å². The van der Waals surface area contributed by atoms with E-state index < -0.39 is 0 Å². The average Bonchev–Trinajstić information content (AvgIpc) is 2.31.